The quantitative estimate of drug-likeness (QED) is 0.917. The van der Waals surface area contributed by atoms with E-state index in [1.54, 1.807) is 0 Å². The number of aromatic nitrogens is 2. The van der Waals surface area contributed by atoms with E-state index in [9.17, 15) is 0 Å². The zero-order valence-electron chi connectivity index (χ0n) is 12.5. The van der Waals surface area contributed by atoms with Crippen LogP contribution in [0.15, 0.2) is 4.47 Å². The molecule has 0 bridgehead atoms. The maximum absolute atomic E-state index is 4.61. The number of aryl methyl sites for hydroxylation is 2. The van der Waals surface area contributed by atoms with Gasteiger partial charge in [0.15, 0.2) is 0 Å². The predicted molar refractivity (Wildman–Crippen MR) is 84.7 cm³/mol. The number of likely N-dealkylation sites (tertiary alicyclic amines) is 1. The van der Waals surface area contributed by atoms with Crippen molar-refractivity contribution in [3.63, 3.8) is 0 Å². The Labute approximate surface area is 130 Å². The summed E-state index contributed by atoms with van der Waals surface area (Å²) in [5.41, 5.74) is 2.45. The number of nitrogens with zero attached hydrogens (tertiary/aromatic N) is 3. The molecule has 0 amide bonds. The fourth-order valence-corrected chi connectivity index (χ4v) is 4.11. The summed E-state index contributed by atoms with van der Waals surface area (Å²) in [4.78, 5) is 2.61. The summed E-state index contributed by atoms with van der Waals surface area (Å²) in [6.07, 6.45) is 4.02. The maximum atomic E-state index is 4.61. The molecule has 1 aromatic rings. The summed E-state index contributed by atoms with van der Waals surface area (Å²) in [6.45, 7) is 9.87. The van der Waals surface area contributed by atoms with Crippen LogP contribution in [0.3, 0.4) is 0 Å². The van der Waals surface area contributed by atoms with Crippen LogP contribution in [0.4, 0.5) is 0 Å². The highest BCUT2D eigenvalue weighted by Crippen LogP contribution is 2.28. The number of halogens is 1. The topological polar surface area (TPSA) is 33.1 Å². The van der Waals surface area contributed by atoms with Gasteiger partial charge in [-0.25, -0.2) is 0 Å². The van der Waals surface area contributed by atoms with Gasteiger partial charge in [-0.3, -0.25) is 9.58 Å². The number of nitrogens with one attached hydrogen (secondary N) is 1. The summed E-state index contributed by atoms with van der Waals surface area (Å²) >= 11 is 3.72. The monoisotopic (exact) mass is 340 g/mol. The lowest BCUT2D eigenvalue weighted by molar-refractivity contribution is 0.106. The molecule has 2 unspecified atom stereocenters. The van der Waals surface area contributed by atoms with Gasteiger partial charge >= 0.3 is 0 Å². The van der Waals surface area contributed by atoms with Crippen LogP contribution >= 0.6 is 15.9 Å². The first kappa shape index (κ1) is 14.5. The minimum Gasteiger partial charge on any atom is -0.314 e. The van der Waals surface area contributed by atoms with E-state index >= 15 is 0 Å². The molecular formula is C15H25BrN4. The normalized spacial score (nSPS) is 27.6. The molecule has 1 aromatic heterocycles. The molecule has 0 saturated carbocycles. The van der Waals surface area contributed by atoms with Crippen LogP contribution in [0.25, 0.3) is 0 Å². The highest BCUT2D eigenvalue weighted by atomic mass is 79.9. The molecule has 4 nitrogen and oxygen atoms in total. The van der Waals surface area contributed by atoms with Crippen LogP contribution < -0.4 is 5.32 Å². The second-order valence-electron chi connectivity index (χ2n) is 6.15. The van der Waals surface area contributed by atoms with Crippen molar-refractivity contribution in [1.82, 2.24) is 20.0 Å². The summed E-state index contributed by atoms with van der Waals surface area (Å²) in [5.74, 6) is 0.843. The van der Waals surface area contributed by atoms with Gasteiger partial charge in [-0.1, -0.05) is 0 Å². The predicted octanol–water partition coefficient (Wildman–Crippen LogP) is 2.55. The fourth-order valence-electron chi connectivity index (χ4n) is 3.70. The molecule has 3 rings (SSSR count). The highest BCUT2D eigenvalue weighted by Gasteiger charge is 2.31. The van der Waals surface area contributed by atoms with Gasteiger partial charge in [0.2, 0.25) is 0 Å². The summed E-state index contributed by atoms with van der Waals surface area (Å²) < 4.78 is 3.34. The van der Waals surface area contributed by atoms with Crippen molar-refractivity contribution in [3.8, 4) is 0 Å². The third-order valence-corrected chi connectivity index (χ3v) is 5.83. The molecule has 3 heterocycles. The minimum atomic E-state index is 0.765. The second-order valence-corrected chi connectivity index (χ2v) is 6.94. The van der Waals surface area contributed by atoms with Crippen LogP contribution in [-0.2, 0) is 13.1 Å². The van der Waals surface area contributed by atoms with Gasteiger partial charge in [0, 0.05) is 32.2 Å². The van der Waals surface area contributed by atoms with Crippen LogP contribution in [-0.4, -0.2) is 40.4 Å². The number of hydrogen-bond acceptors (Lipinski definition) is 3. The number of hydrogen-bond donors (Lipinski definition) is 1. The van der Waals surface area contributed by atoms with E-state index in [0.717, 1.165) is 30.7 Å². The van der Waals surface area contributed by atoms with E-state index in [1.807, 2.05) is 0 Å². The zero-order valence-corrected chi connectivity index (χ0v) is 14.1. The SMILES string of the molecule is CCn1nc(C)c(Br)c1CN1CCC2NCCCC2C1. The minimum absolute atomic E-state index is 0.765. The van der Waals surface area contributed by atoms with Gasteiger partial charge in [0.1, 0.15) is 0 Å². The Morgan fingerprint density at radius 1 is 1.40 bits per heavy atom. The summed E-state index contributed by atoms with van der Waals surface area (Å²) in [5, 5.41) is 8.30. The van der Waals surface area contributed by atoms with Gasteiger partial charge in [-0.15, -0.1) is 0 Å². The number of rotatable bonds is 3. The number of piperidine rings is 2. The molecule has 2 aliphatic rings. The molecule has 2 aliphatic heterocycles. The Hall–Kier alpha value is -0.390. The second kappa shape index (κ2) is 6.16. The Bertz CT molecular complexity index is 471. The molecule has 112 valence electrons. The van der Waals surface area contributed by atoms with Crippen LogP contribution in [0, 0.1) is 12.8 Å². The smallest absolute Gasteiger partial charge is 0.0739 e. The first-order chi connectivity index (χ1) is 9.69. The van der Waals surface area contributed by atoms with Crippen molar-refractivity contribution in [2.24, 2.45) is 5.92 Å². The fraction of sp³-hybridized carbons (Fsp3) is 0.800. The van der Waals surface area contributed by atoms with Crippen molar-refractivity contribution in [2.75, 3.05) is 19.6 Å². The van der Waals surface area contributed by atoms with Crippen LogP contribution in [0.2, 0.25) is 0 Å². The molecule has 0 radical (unpaired) electrons. The van der Waals surface area contributed by atoms with Crippen molar-refractivity contribution < 1.29 is 0 Å². The van der Waals surface area contributed by atoms with Crippen LogP contribution in [0.5, 0.6) is 0 Å². The molecule has 5 heteroatoms. The van der Waals surface area contributed by atoms with Crippen molar-refractivity contribution in [1.29, 1.82) is 0 Å². The zero-order chi connectivity index (χ0) is 14.1. The molecule has 2 saturated heterocycles. The Balaban J connectivity index is 1.69. The molecule has 20 heavy (non-hydrogen) atoms. The average molecular weight is 341 g/mol. The van der Waals surface area contributed by atoms with E-state index in [0.29, 0.717) is 0 Å². The Morgan fingerprint density at radius 2 is 2.25 bits per heavy atom. The summed E-state index contributed by atoms with van der Waals surface area (Å²) in [6, 6.07) is 0.765. The van der Waals surface area contributed by atoms with E-state index < -0.39 is 0 Å². The molecule has 2 atom stereocenters. The lowest BCUT2D eigenvalue weighted by atomic mass is 9.85. The van der Waals surface area contributed by atoms with Gasteiger partial charge in [0.25, 0.3) is 0 Å². The average Bonchev–Trinajstić information content (AvgIpc) is 2.75. The van der Waals surface area contributed by atoms with E-state index in [-0.39, 0.29) is 0 Å². The van der Waals surface area contributed by atoms with Crippen molar-refractivity contribution in [2.45, 2.75) is 52.2 Å². The molecule has 2 fully saturated rings. The first-order valence-electron chi connectivity index (χ1n) is 7.86. The van der Waals surface area contributed by atoms with Gasteiger partial charge in [-0.2, -0.15) is 5.10 Å². The largest absolute Gasteiger partial charge is 0.314 e. The molecule has 0 aromatic carbocycles. The first-order valence-corrected chi connectivity index (χ1v) is 8.66. The Kier molecular flexibility index (Phi) is 4.48. The van der Waals surface area contributed by atoms with Gasteiger partial charge in [0.05, 0.1) is 15.9 Å². The highest BCUT2D eigenvalue weighted by molar-refractivity contribution is 9.10. The Morgan fingerprint density at radius 3 is 3.05 bits per heavy atom. The molecule has 1 N–H and O–H groups in total. The van der Waals surface area contributed by atoms with Crippen LogP contribution in [0.1, 0.15) is 37.6 Å². The standard InChI is InChI=1S/C15H25BrN4/c1-3-20-14(15(16)11(2)18-20)10-19-8-6-13-12(9-19)5-4-7-17-13/h12-13,17H,3-10H2,1-2H3. The summed E-state index contributed by atoms with van der Waals surface area (Å²) in [7, 11) is 0. The maximum Gasteiger partial charge on any atom is 0.0739 e. The van der Waals surface area contributed by atoms with E-state index in [2.05, 4.69) is 49.8 Å². The van der Waals surface area contributed by atoms with E-state index in [1.165, 1.54) is 49.1 Å². The lowest BCUT2D eigenvalue weighted by Gasteiger charge is -2.41. The number of fused-ring (bicyclic) bond motifs is 1. The van der Waals surface area contributed by atoms with Crippen molar-refractivity contribution >= 4 is 15.9 Å². The van der Waals surface area contributed by atoms with Gasteiger partial charge in [-0.05, 0) is 61.5 Å². The van der Waals surface area contributed by atoms with E-state index in [4.69, 9.17) is 0 Å². The van der Waals surface area contributed by atoms with Crippen molar-refractivity contribution in [3.05, 3.63) is 15.9 Å². The van der Waals surface area contributed by atoms with Gasteiger partial charge < -0.3 is 5.32 Å². The lowest BCUT2D eigenvalue weighted by Crippen LogP contribution is -2.51. The molecule has 0 aliphatic carbocycles. The third kappa shape index (κ3) is 2.81. The molecule has 0 spiro atoms. The third-order valence-electron chi connectivity index (χ3n) is 4.80. The molecular weight excluding hydrogens is 316 g/mol.